The lowest BCUT2D eigenvalue weighted by molar-refractivity contribution is 0.122. The van der Waals surface area contributed by atoms with E-state index in [4.69, 9.17) is 20.2 Å². The zero-order valence-corrected chi connectivity index (χ0v) is 12.1. The minimum Gasteiger partial charge on any atom is -0.493 e. The maximum atomic E-state index is 5.43. The molecule has 0 saturated heterocycles. The third kappa shape index (κ3) is 2.91. The third-order valence-electron chi connectivity index (χ3n) is 2.57. The number of ether oxygens (including phenoxy) is 2. The molecular formula is C12H18BrNO3. The van der Waals surface area contributed by atoms with Crippen LogP contribution >= 0.6 is 15.9 Å². The second kappa shape index (κ2) is 6.23. The van der Waals surface area contributed by atoms with Crippen molar-refractivity contribution in [2.45, 2.75) is 26.4 Å². The highest BCUT2D eigenvalue weighted by Gasteiger charge is 2.20. The summed E-state index contributed by atoms with van der Waals surface area (Å²) in [5.74, 6) is 6.88. The van der Waals surface area contributed by atoms with Crippen LogP contribution < -0.4 is 15.4 Å². The van der Waals surface area contributed by atoms with E-state index in [9.17, 15) is 0 Å². The minimum atomic E-state index is 0.279. The van der Waals surface area contributed by atoms with Crippen LogP contribution in [0.25, 0.3) is 0 Å². The van der Waals surface area contributed by atoms with Gasteiger partial charge in [0.15, 0.2) is 11.5 Å². The van der Waals surface area contributed by atoms with Crippen LogP contribution in [0.5, 0.6) is 11.5 Å². The molecule has 2 N–H and O–H groups in total. The first-order valence-electron chi connectivity index (χ1n) is 5.31. The van der Waals surface area contributed by atoms with Crippen molar-refractivity contribution < 1.29 is 14.3 Å². The molecule has 0 aliphatic heterocycles. The third-order valence-corrected chi connectivity index (χ3v) is 3.28. The number of benzene rings is 1. The molecule has 96 valence electrons. The van der Waals surface area contributed by atoms with Crippen LogP contribution in [-0.4, -0.2) is 14.2 Å². The van der Waals surface area contributed by atoms with Gasteiger partial charge < -0.3 is 9.47 Å². The summed E-state index contributed by atoms with van der Waals surface area (Å²) in [6, 6.07) is 1.86. The van der Waals surface area contributed by atoms with Crippen LogP contribution in [0.2, 0.25) is 0 Å². The van der Waals surface area contributed by atoms with Crippen LogP contribution in [-0.2, 0) is 11.4 Å². The first kappa shape index (κ1) is 14.3. The highest BCUT2D eigenvalue weighted by molar-refractivity contribution is 9.10. The lowest BCUT2D eigenvalue weighted by Gasteiger charge is -2.20. The lowest BCUT2D eigenvalue weighted by Crippen LogP contribution is -2.07. The van der Waals surface area contributed by atoms with Crippen molar-refractivity contribution in [3.63, 3.8) is 0 Å². The van der Waals surface area contributed by atoms with E-state index in [1.165, 1.54) is 0 Å². The SMILES string of the molecule is COc1cc(Br)c(CON)c(C(C)C)c1OC. The molecule has 0 bridgehead atoms. The average Bonchev–Trinajstić information content (AvgIpc) is 2.30. The topological polar surface area (TPSA) is 53.7 Å². The number of hydrogen-bond acceptors (Lipinski definition) is 4. The Hall–Kier alpha value is -0.780. The number of rotatable bonds is 5. The van der Waals surface area contributed by atoms with Crippen LogP contribution in [0.4, 0.5) is 0 Å². The molecule has 1 rings (SSSR count). The molecular weight excluding hydrogens is 286 g/mol. The van der Waals surface area contributed by atoms with Crippen molar-refractivity contribution in [3.05, 3.63) is 21.7 Å². The zero-order chi connectivity index (χ0) is 13.0. The summed E-state index contributed by atoms with van der Waals surface area (Å²) in [6.07, 6.45) is 0. The van der Waals surface area contributed by atoms with Gasteiger partial charge in [-0.2, -0.15) is 0 Å². The van der Waals surface area contributed by atoms with Gasteiger partial charge in [0, 0.05) is 15.6 Å². The van der Waals surface area contributed by atoms with Gasteiger partial charge >= 0.3 is 0 Å². The van der Waals surface area contributed by atoms with Gasteiger partial charge in [0.1, 0.15) is 0 Å². The van der Waals surface area contributed by atoms with E-state index >= 15 is 0 Å². The highest BCUT2D eigenvalue weighted by atomic mass is 79.9. The molecule has 0 radical (unpaired) electrons. The Morgan fingerprint density at radius 3 is 2.35 bits per heavy atom. The predicted molar refractivity (Wildman–Crippen MR) is 70.3 cm³/mol. The molecule has 0 heterocycles. The Balaban J connectivity index is 3.48. The maximum Gasteiger partial charge on any atom is 0.164 e. The number of halogens is 1. The first-order chi connectivity index (χ1) is 8.06. The van der Waals surface area contributed by atoms with E-state index < -0.39 is 0 Å². The molecule has 0 aliphatic rings. The van der Waals surface area contributed by atoms with Gasteiger partial charge in [-0.05, 0) is 12.0 Å². The lowest BCUT2D eigenvalue weighted by atomic mass is 9.96. The van der Waals surface area contributed by atoms with Gasteiger partial charge in [-0.1, -0.05) is 29.8 Å². The van der Waals surface area contributed by atoms with Crippen molar-refractivity contribution >= 4 is 15.9 Å². The van der Waals surface area contributed by atoms with Crippen LogP contribution in [0, 0.1) is 0 Å². The summed E-state index contributed by atoms with van der Waals surface area (Å²) in [7, 11) is 3.25. The molecule has 4 nitrogen and oxygen atoms in total. The summed E-state index contributed by atoms with van der Waals surface area (Å²) in [4.78, 5) is 4.75. The fourth-order valence-electron chi connectivity index (χ4n) is 1.87. The first-order valence-corrected chi connectivity index (χ1v) is 6.11. The molecule has 17 heavy (non-hydrogen) atoms. The molecule has 5 heteroatoms. The molecule has 0 fully saturated rings. The molecule has 0 atom stereocenters. The van der Waals surface area contributed by atoms with Crippen molar-refractivity contribution in [3.8, 4) is 11.5 Å². The van der Waals surface area contributed by atoms with Gasteiger partial charge in [0.25, 0.3) is 0 Å². The summed E-state index contributed by atoms with van der Waals surface area (Å²) in [6.45, 7) is 4.50. The van der Waals surface area contributed by atoms with E-state index in [0.29, 0.717) is 12.4 Å². The molecule has 1 aromatic carbocycles. The van der Waals surface area contributed by atoms with Crippen molar-refractivity contribution in [2.75, 3.05) is 14.2 Å². The molecule has 0 spiro atoms. The van der Waals surface area contributed by atoms with Gasteiger partial charge in [-0.3, -0.25) is 4.84 Å². The molecule has 0 aromatic heterocycles. The summed E-state index contributed by atoms with van der Waals surface area (Å²) >= 11 is 3.50. The number of nitrogens with two attached hydrogens (primary N) is 1. The Kier molecular flexibility index (Phi) is 5.24. The zero-order valence-electron chi connectivity index (χ0n) is 10.5. The van der Waals surface area contributed by atoms with Gasteiger partial charge in [-0.15, -0.1) is 0 Å². The maximum absolute atomic E-state index is 5.43. The van der Waals surface area contributed by atoms with E-state index in [-0.39, 0.29) is 5.92 Å². The number of methoxy groups -OCH3 is 2. The van der Waals surface area contributed by atoms with E-state index in [1.807, 2.05) is 6.07 Å². The highest BCUT2D eigenvalue weighted by Crippen LogP contribution is 2.42. The fraction of sp³-hybridized carbons (Fsp3) is 0.500. The summed E-state index contributed by atoms with van der Waals surface area (Å²) < 4.78 is 11.6. The fourth-order valence-corrected chi connectivity index (χ4v) is 2.40. The molecule has 1 aromatic rings. The monoisotopic (exact) mass is 303 g/mol. The quantitative estimate of drug-likeness (QED) is 0.850. The van der Waals surface area contributed by atoms with Gasteiger partial charge in [0.2, 0.25) is 0 Å². The molecule has 0 amide bonds. The van der Waals surface area contributed by atoms with Gasteiger partial charge in [-0.25, -0.2) is 5.90 Å². The van der Waals surface area contributed by atoms with Gasteiger partial charge in [0.05, 0.1) is 20.8 Å². The van der Waals surface area contributed by atoms with Crippen molar-refractivity contribution in [2.24, 2.45) is 5.90 Å². The van der Waals surface area contributed by atoms with Crippen molar-refractivity contribution in [1.82, 2.24) is 0 Å². The Morgan fingerprint density at radius 1 is 1.29 bits per heavy atom. The number of hydrogen-bond donors (Lipinski definition) is 1. The Labute approximate surface area is 110 Å². The smallest absolute Gasteiger partial charge is 0.164 e. The average molecular weight is 304 g/mol. The van der Waals surface area contributed by atoms with E-state index in [1.54, 1.807) is 14.2 Å². The van der Waals surface area contributed by atoms with E-state index in [0.717, 1.165) is 21.3 Å². The van der Waals surface area contributed by atoms with Crippen molar-refractivity contribution in [1.29, 1.82) is 0 Å². The van der Waals surface area contributed by atoms with E-state index in [2.05, 4.69) is 29.8 Å². The van der Waals surface area contributed by atoms with Crippen LogP contribution in [0.3, 0.4) is 0 Å². The summed E-state index contributed by atoms with van der Waals surface area (Å²) in [5.41, 5.74) is 2.03. The van der Waals surface area contributed by atoms with Crippen LogP contribution in [0.15, 0.2) is 10.5 Å². The normalized spacial score (nSPS) is 10.8. The molecule has 0 saturated carbocycles. The molecule has 0 aliphatic carbocycles. The Bertz CT molecular complexity index is 394. The predicted octanol–water partition coefficient (Wildman–Crippen LogP) is 2.98. The second-order valence-electron chi connectivity index (χ2n) is 3.95. The largest absolute Gasteiger partial charge is 0.493 e. The van der Waals surface area contributed by atoms with Crippen LogP contribution in [0.1, 0.15) is 30.9 Å². The molecule has 0 unspecified atom stereocenters. The minimum absolute atomic E-state index is 0.279. The standard InChI is InChI=1S/C12H18BrNO3/c1-7(2)11-8(6-17-14)9(13)5-10(15-3)12(11)16-4/h5,7H,6,14H2,1-4H3. The Morgan fingerprint density at radius 2 is 1.94 bits per heavy atom. The second-order valence-corrected chi connectivity index (χ2v) is 4.81. The summed E-state index contributed by atoms with van der Waals surface area (Å²) in [5, 5.41) is 0.